The van der Waals surface area contributed by atoms with Gasteiger partial charge in [0.25, 0.3) is 0 Å². The molecule has 7 heteroatoms. The van der Waals surface area contributed by atoms with Crippen LogP contribution in [0.4, 0.5) is 0 Å². The summed E-state index contributed by atoms with van der Waals surface area (Å²) >= 11 is -0.382. The number of carbonyl (C=O) groups is 2. The molecule has 1 unspecified atom stereocenters. The van der Waals surface area contributed by atoms with E-state index >= 15 is 0 Å². The van der Waals surface area contributed by atoms with E-state index in [9.17, 15) is 9.59 Å². The zero-order valence-corrected chi connectivity index (χ0v) is 17.7. The van der Waals surface area contributed by atoms with Gasteiger partial charge in [-0.2, -0.15) is 0 Å². The van der Waals surface area contributed by atoms with Gasteiger partial charge < -0.3 is 0 Å². The van der Waals surface area contributed by atoms with Gasteiger partial charge in [-0.05, 0) is 0 Å². The van der Waals surface area contributed by atoms with Crippen LogP contribution >= 0.6 is 0 Å². The van der Waals surface area contributed by atoms with Gasteiger partial charge in [0.1, 0.15) is 0 Å². The molecule has 146 valence electrons. The summed E-state index contributed by atoms with van der Waals surface area (Å²) in [6.07, 6.45) is 0. The van der Waals surface area contributed by atoms with Gasteiger partial charge in [-0.3, -0.25) is 0 Å². The molecule has 0 bridgehead atoms. The van der Waals surface area contributed by atoms with Crippen LogP contribution in [0.5, 0.6) is 11.5 Å². The third-order valence-electron chi connectivity index (χ3n) is 4.45. The van der Waals surface area contributed by atoms with Gasteiger partial charge in [-0.25, -0.2) is 0 Å². The zero-order chi connectivity index (χ0) is 20.3. The zero-order valence-electron chi connectivity index (χ0n) is 16.0. The fourth-order valence-corrected chi connectivity index (χ4v) is 5.88. The van der Waals surface area contributed by atoms with E-state index in [1.165, 1.54) is 14.2 Å². The van der Waals surface area contributed by atoms with Crippen molar-refractivity contribution in [1.29, 1.82) is 0 Å². The molecule has 1 heterocycles. The molecule has 1 atom stereocenters. The summed E-state index contributed by atoms with van der Waals surface area (Å²) < 4.78 is 20.9. The number of hydrogen-bond acceptors (Lipinski definition) is 6. The number of hydrogen-bond donors (Lipinski definition) is 0. The Bertz CT molecular complexity index is 932. The van der Waals surface area contributed by atoms with Crippen molar-refractivity contribution in [3.05, 3.63) is 63.6 Å². The summed E-state index contributed by atoms with van der Waals surface area (Å²) in [6, 6.07) is 13.2. The summed E-state index contributed by atoms with van der Waals surface area (Å²) in [7, 11) is 5.77. The van der Waals surface area contributed by atoms with Crippen LogP contribution in [-0.2, 0) is 19.1 Å². The van der Waals surface area contributed by atoms with E-state index in [1.54, 1.807) is 20.3 Å². The second-order valence-electron chi connectivity index (χ2n) is 5.91. The molecule has 0 saturated carbocycles. The summed E-state index contributed by atoms with van der Waals surface area (Å²) in [4.78, 5) is 25.0. The Morgan fingerprint density at radius 1 is 0.821 bits per heavy atom. The Morgan fingerprint density at radius 2 is 1.43 bits per heavy atom. The molecule has 3 rings (SSSR count). The minimum absolute atomic E-state index is 0.0678. The molecule has 0 radical (unpaired) electrons. The number of ether oxygens (including phenoxy) is 4. The standard InChI is InChI=1S/C21H20O6Se/c1-24-13-7-5-12(6-8-13)18-15-10-9-14(25-2)11-16(15)17(20(22)26-3)19(28-18)21(23)27-4/h5-11,18H,1-4H3. The Morgan fingerprint density at radius 3 is 2.00 bits per heavy atom. The summed E-state index contributed by atoms with van der Waals surface area (Å²) in [5.41, 5.74) is 2.84. The SMILES string of the molecule is COC(=O)C1=C(C(=O)OC)c2cc(OC)ccc2C(c2ccc(OC)cc2)[Se]1. The van der Waals surface area contributed by atoms with Gasteiger partial charge >= 0.3 is 169 Å². The number of methoxy groups -OCH3 is 4. The third kappa shape index (κ3) is 3.63. The molecule has 2 aromatic rings. The molecular formula is C21H20O6Se. The Hall–Kier alpha value is -2.76. The maximum atomic E-state index is 12.6. The van der Waals surface area contributed by atoms with Crippen LogP contribution in [0.3, 0.4) is 0 Å². The molecular weight excluding hydrogens is 427 g/mol. The molecule has 0 fully saturated rings. The molecule has 28 heavy (non-hydrogen) atoms. The number of rotatable bonds is 5. The van der Waals surface area contributed by atoms with Crippen LogP contribution < -0.4 is 9.47 Å². The predicted molar refractivity (Wildman–Crippen MR) is 105 cm³/mol. The molecule has 0 amide bonds. The van der Waals surface area contributed by atoms with E-state index < -0.39 is 11.9 Å². The molecule has 1 aliphatic heterocycles. The summed E-state index contributed by atoms with van der Waals surface area (Å²) in [5, 5.41) is 0. The number of benzene rings is 2. The Kier molecular flexibility index (Phi) is 6.07. The minimum atomic E-state index is -0.565. The Labute approximate surface area is 169 Å². The van der Waals surface area contributed by atoms with Crippen LogP contribution in [0.1, 0.15) is 21.5 Å². The van der Waals surface area contributed by atoms with Gasteiger partial charge in [0.05, 0.1) is 0 Å². The molecule has 6 nitrogen and oxygen atoms in total. The quantitative estimate of drug-likeness (QED) is 0.519. The first kappa shape index (κ1) is 20.0. The van der Waals surface area contributed by atoms with Crippen molar-refractivity contribution in [2.45, 2.75) is 4.82 Å². The van der Waals surface area contributed by atoms with Gasteiger partial charge in [-0.15, -0.1) is 0 Å². The van der Waals surface area contributed by atoms with Crippen molar-refractivity contribution >= 4 is 32.5 Å². The predicted octanol–water partition coefficient (Wildman–Crippen LogP) is 2.57. The first-order valence-electron chi connectivity index (χ1n) is 8.43. The van der Waals surface area contributed by atoms with Gasteiger partial charge in [0.15, 0.2) is 0 Å². The topological polar surface area (TPSA) is 71.1 Å². The normalized spacial score (nSPS) is 15.5. The average Bonchev–Trinajstić information content (AvgIpc) is 2.76. The maximum absolute atomic E-state index is 12.6. The van der Waals surface area contributed by atoms with Crippen molar-refractivity contribution in [3.8, 4) is 11.5 Å². The van der Waals surface area contributed by atoms with E-state index in [1.807, 2.05) is 36.4 Å². The van der Waals surface area contributed by atoms with Crippen LogP contribution in [-0.4, -0.2) is 55.3 Å². The second-order valence-corrected chi connectivity index (χ2v) is 8.25. The molecule has 2 aromatic carbocycles. The van der Waals surface area contributed by atoms with Crippen LogP contribution in [0.15, 0.2) is 46.9 Å². The summed E-state index contributed by atoms with van der Waals surface area (Å²) in [6.45, 7) is 0. The molecule has 0 aromatic heterocycles. The van der Waals surface area contributed by atoms with E-state index in [0.29, 0.717) is 15.8 Å². The molecule has 0 saturated heterocycles. The number of carbonyl (C=O) groups excluding carboxylic acids is 2. The van der Waals surface area contributed by atoms with Crippen molar-refractivity contribution in [1.82, 2.24) is 0 Å². The van der Waals surface area contributed by atoms with Crippen molar-refractivity contribution < 1.29 is 28.5 Å². The first-order chi connectivity index (χ1) is 13.5. The van der Waals surface area contributed by atoms with Crippen molar-refractivity contribution in [2.75, 3.05) is 28.4 Å². The number of esters is 2. The van der Waals surface area contributed by atoms with Crippen LogP contribution in [0.25, 0.3) is 5.57 Å². The van der Waals surface area contributed by atoms with E-state index in [0.717, 1.165) is 16.9 Å². The first-order valence-corrected chi connectivity index (χ1v) is 10.3. The van der Waals surface area contributed by atoms with Gasteiger partial charge in [0, 0.05) is 0 Å². The van der Waals surface area contributed by atoms with Crippen LogP contribution in [0.2, 0.25) is 0 Å². The van der Waals surface area contributed by atoms with Crippen LogP contribution in [0, 0.1) is 0 Å². The second kappa shape index (κ2) is 8.50. The van der Waals surface area contributed by atoms with E-state index in [2.05, 4.69) is 0 Å². The monoisotopic (exact) mass is 448 g/mol. The molecule has 0 N–H and O–H groups in total. The van der Waals surface area contributed by atoms with Crippen molar-refractivity contribution in [3.63, 3.8) is 0 Å². The van der Waals surface area contributed by atoms with Gasteiger partial charge in [0.2, 0.25) is 0 Å². The van der Waals surface area contributed by atoms with E-state index in [-0.39, 0.29) is 25.3 Å². The average molecular weight is 447 g/mol. The molecule has 0 aliphatic carbocycles. The van der Waals surface area contributed by atoms with E-state index in [4.69, 9.17) is 18.9 Å². The fraction of sp³-hybridized carbons (Fsp3) is 0.238. The molecule has 1 aliphatic rings. The molecule has 0 spiro atoms. The third-order valence-corrected chi connectivity index (χ3v) is 7.32. The van der Waals surface area contributed by atoms with Gasteiger partial charge in [-0.1, -0.05) is 0 Å². The Balaban J connectivity index is 2.23. The number of fused-ring (bicyclic) bond motifs is 1. The summed E-state index contributed by atoms with van der Waals surface area (Å²) in [5.74, 6) is 0.255. The fourth-order valence-electron chi connectivity index (χ4n) is 3.04. The van der Waals surface area contributed by atoms with Crippen molar-refractivity contribution in [2.24, 2.45) is 0 Å².